The van der Waals surface area contributed by atoms with Gasteiger partial charge in [0.25, 0.3) is 0 Å². The molecule has 0 aliphatic heterocycles. The molecule has 0 heterocycles. The minimum Gasteiger partial charge on any atom is -0.496 e. The van der Waals surface area contributed by atoms with Crippen LogP contribution in [0.5, 0.6) is 5.75 Å². The number of ether oxygens (including phenoxy) is 2. The first kappa shape index (κ1) is 12.5. The SMILES string of the molecule is COC(=O)C(N)c1cc(C)c(C)cc1OC. The van der Waals surface area contributed by atoms with Crippen LogP contribution in [-0.2, 0) is 9.53 Å². The predicted molar refractivity (Wildman–Crippen MR) is 61.4 cm³/mol. The van der Waals surface area contributed by atoms with Crippen molar-refractivity contribution >= 4 is 5.97 Å². The lowest BCUT2D eigenvalue weighted by atomic mass is 10.00. The lowest BCUT2D eigenvalue weighted by molar-refractivity contribution is -0.142. The van der Waals surface area contributed by atoms with Gasteiger partial charge in [-0.05, 0) is 37.1 Å². The molecule has 0 saturated carbocycles. The summed E-state index contributed by atoms with van der Waals surface area (Å²) in [5, 5.41) is 0. The van der Waals surface area contributed by atoms with E-state index in [0.717, 1.165) is 11.1 Å². The van der Waals surface area contributed by atoms with E-state index in [4.69, 9.17) is 10.5 Å². The molecule has 1 atom stereocenters. The summed E-state index contributed by atoms with van der Waals surface area (Å²) >= 11 is 0. The summed E-state index contributed by atoms with van der Waals surface area (Å²) in [5.41, 5.74) is 8.60. The first-order chi connectivity index (χ1) is 7.51. The average molecular weight is 223 g/mol. The third kappa shape index (κ3) is 2.33. The van der Waals surface area contributed by atoms with Gasteiger partial charge in [0.1, 0.15) is 11.8 Å². The second kappa shape index (κ2) is 4.99. The fourth-order valence-corrected chi connectivity index (χ4v) is 1.49. The summed E-state index contributed by atoms with van der Waals surface area (Å²) in [6.45, 7) is 3.94. The number of aryl methyl sites for hydroxylation is 2. The number of rotatable bonds is 3. The number of methoxy groups -OCH3 is 2. The zero-order valence-corrected chi connectivity index (χ0v) is 10.0. The van der Waals surface area contributed by atoms with E-state index in [0.29, 0.717) is 11.3 Å². The van der Waals surface area contributed by atoms with Crippen LogP contribution in [0.4, 0.5) is 0 Å². The molecule has 1 aromatic rings. The maximum atomic E-state index is 11.4. The Balaban J connectivity index is 3.21. The summed E-state index contributed by atoms with van der Waals surface area (Å²) in [5.74, 6) is 0.141. The van der Waals surface area contributed by atoms with E-state index in [1.54, 1.807) is 7.11 Å². The number of nitrogens with two attached hydrogens (primary N) is 1. The Bertz CT molecular complexity index is 401. The predicted octanol–water partition coefficient (Wildman–Crippen LogP) is 1.48. The van der Waals surface area contributed by atoms with Crippen LogP contribution in [0.1, 0.15) is 22.7 Å². The van der Waals surface area contributed by atoms with Crippen LogP contribution < -0.4 is 10.5 Å². The topological polar surface area (TPSA) is 61.5 Å². The van der Waals surface area contributed by atoms with Crippen molar-refractivity contribution in [2.45, 2.75) is 19.9 Å². The summed E-state index contributed by atoms with van der Waals surface area (Å²) < 4.78 is 9.83. The van der Waals surface area contributed by atoms with E-state index >= 15 is 0 Å². The van der Waals surface area contributed by atoms with Gasteiger partial charge in [0, 0.05) is 5.56 Å². The molecule has 0 spiro atoms. The third-order valence-electron chi connectivity index (χ3n) is 2.64. The molecule has 0 aliphatic rings. The van der Waals surface area contributed by atoms with Crippen molar-refractivity contribution in [1.82, 2.24) is 0 Å². The molecule has 4 heteroatoms. The molecule has 1 aromatic carbocycles. The van der Waals surface area contributed by atoms with Gasteiger partial charge in [-0.25, -0.2) is 0 Å². The number of hydrogen-bond donors (Lipinski definition) is 1. The van der Waals surface area contributed by atoms with E-state index < -0.39 is 12.0 Å². The van der Waals surface area contributed by atoms with Gasteiger partial charge in [-0.15, -0.1) is 0 Å². The van der Waals surface area contributed by atoms with Gasteiger partial charge >= 0.3 is 5.97 Å². The Labute approximate surface area is 95.3 Å². The Morgan fingerprint density at radius 1 is 1.25 bits per heavy atom. The molecule has 4 nitrogen and oxygen atoms in total. The van der Waals surface area contributed by atoms with E-state index in [2.05, 4.69) is 4.74 Å². The third-order valence-corrected chi connectivity index (χ3v) is 2.64. The molecule has 0 bridgehead atoms. The highest BCUT2D eigenvalue weighted by molar-refractivity contribution is 5.78. The standard InChI is InChI=1S/C12H17NO3/c1-7-5-9(11(13)12(14)16-4)10(15-3)6-8(7)2/h5-6,11H,13H2,1-4H3. The van der Waals surface area contributed by atoms with E-state index in [1.165, 1.54) is 7.11 Å². The van der Waals surface area contributed by atoms with Crippen LogP contribution in [0.2, 0.25) is 0 Å². The lowest BCUT2D eigenvalue weighted by Crippen LogP contribution is -2.23. The highest BCUT2D eigenvalue weighted by Gasteiger charge is 2.20. The van der Waals surface area contributed by atoms with Crippen molar-refractivity contribution in [2.24, 2.45) is 5.73 Å². The second-order valence-electron chi connectivity index (χ2n) is 3.68. The highest BCUT2D eigenvalue weighted by atomic mass is 16.5. The molecular weight excluding hydrogens is 206 g/mol. The molecule has 16 heavy (non-hydrogen) atoms. The van der Waals surface area contributed by atoms with Crippen LogP contribution in [0.3, 0.4) is 0 Å². The summed E-state index contributed by atoms with van der Waals surface area (Å²) in [6.07, 6.45) is 0. The van der Waals surface area contributed by atoms with Crippen molar-refractivity contribution in [3.05, 3.63) is 28.8 Å². The maximum absolute atomic E-state index is 11.4. The molecule has 0 saturated heterocycles. The molecular formula is C12H17NO3. The van der Waals surface area contributed by atoms with E-state index in [-0.39, 0.29) is 0 Å². The Hall–Kier alpha value is -1.55. The van der Waals surface area contributed by atoms with Gasteiger partial charge in [-0.1, -0.05) is 0 Å². The summed E-state index contributed by atoms with van der Waals surface area (Å²) in [6, 6.07) is 2.92. The molecule has 1 unspecified atom stereocenters. The van der Waals surface area contributed by atoms with Gasteiger partial charge in [-0.2, -0.15) is 0 Å². The van der Waals surface area contributed by atoms with Crippen LogP contribution in [0.25, 0.3) is 0 Å². The number of esters is 1. The quantitative estimate of drug-likeness (QED) is 0.788. The first-order valence-corrected chi connectivity index (χ1v) is 4.99. The fraction of sp³-hybridized carbons (Fsp3) is 0.417. The van der Waals surface area contributed by atoms with E-state index in [1.807, 2.05) is 26.0 Å². The molecule has 0 aromatic heterocycles. The van der Waals surface area contributed by atoms with Crippen molar-refractivity contribution in [2.75, 3.05) is 14.2 Å². The minimum absolute atomic E-state index is 0.471. The zero-order valence-electron chi connectivity index (χ0n) is 10.0. The number of benzene rings is 1. The van der Waals surface area contributed by atoms with Gasteiger partial charge in [0.05, 0.1) is 14.2 Å². The highest BCUT2D eigenvalue weighted by Crippen LogP contribution is 2.27. The van der Waals surface area contributed by atoms with Crippen molar-refractivity contribution in [3.63, 3.8) is 0 Å². The Kier molecular flexibility index (Phi) is 3.90. The van der Waals surface area contributed by atoms with Crippen LogP contribution in [-0.4, -0.2) is 20.2 Å². The molecule has 2 N–H and O–H groups in total. The fourth-order valence-electron chi connectivity index (χ4n) is 1.49. The van der Waals surface area contributed by atoms with Crippen LogP contribution in [0, 0.1) is 13.8 Å². The van der Waals surface area contributed by atoms with Gasteiger partial charge < -0.3 is 15.2 Å². The molecule has 0 amide bonds. The smallest absolute Gasteiger partial charge is 0.327 e. The molecule has 88 valence electrons. The minimum atomic E-state index is -0.806. The Morgan fingerprint density at radius 2 is 1.81 bits per heavy atom. The van der Waals surface area contributed by atoms with Crippen molar-refractivity contribution < 1.29 is 14.3 Å². The van der Waals surface area contributed by atoms with Crippen LogP contribution in [0.15, 0.2) is 12.1 Å². The van der Waals surface area contributed by atoms with Gasteiger partial charge in [0.15, 0.2) is 0 Å². The summed E-state index contributed by atoms with van der Waals surface area (Å²) in [4.78, 5) is 11.4. The van der Waals surface area contributed by atoms with E-state index in [9.17, 15) is 4.79 Å². The van der Waals surface area contributed by atoms with Crippen LogP contribution >= 0.6 is 0 Å². The second-order valence-corrected chi connectivity index (χ2v) is 3.68. The molecule has 0 radical (unpaired) electrons. The summed E-state index contributed by atoms with van der Waals surface area (Å²) in [7, 11) is 2.87. The lowest BCUT2D eigenvalue weighted by Gasteiger charge is -2.15. The first-order valence-electron chi connectivity index (χ1n) is 4.99. The zero-order chi connectivity index (χ0) is 12.3. The van der Waals surface area contributed by atoms with Crippen molar-refractivity contribution in [1.29, 1.82) is 0 Å². The number of carbonyl (C=O) groups is 1. The largest absolute Gasteiger partial charge is 0.496 e. The van der Waals surface area contributed by atoms with Gasteiger partial charge in [0.2, 0.25) is 0 Å². The number of hydrogen-bond acceptors (Lipinski definition) is 4. The molecule has 0 fully saturated rings. The normalized spacial score (nSPS) is 12.1. The number of carbonyl (C=O) groups excluding carboxylic acids is 1. The molecule has 0 aliphatic carbocycles. The Morgan fingerprint density at radius 3 is 2.31 bits per heavy atom. The molecule has 1 rings (SSSR count). The van der Waals surface area contributed by atoms with Crippen molar-refractivity contribution in [3.8, 4) is 5.75 Å². The average Bonchev–Trinajstić information content (AvgIpc) is 2.30. The van der Waals surface area contributed by atoms with Gasteiger partial charge in [-0.3, -0.25) is 4.79 Å². The maximum Gasteiger partial charge on any atom is 0.327 e. The monoisotopic (exact) mass is 223 g/mol.